The van der Waals surface area contributed by atoms with Gasteiger partial charge in [-0.25, -0.2) is 4.98 Å². The Morgan fingerprint density at radius 3 is 2.44 bits per heavy atom. The summed E-state index contributed by atoms with van der Waals surface area (Å²) in [6.07, 6.45) is 1.90. The van der Waals surface area contributed by atoms with Crippen LogP contribution in [0.4, 0.5) is 17.2 Å². The number of hydrogen-bond acceptors (Lipinski definition) is 3. The number of rotatable bonds is 5. The number of benzene rings is 2. The van der Waals surface area contributed by atoms with Gasteiger partial charge in [0.15, 0.2) is 0 Å². The van der Waals surface area contributed by atoms with Crippen molar-refractivity contribution in [2.24, 2.45) is 0 Å². The molecule has 1 aromatic heterocycles. The Kier molecular flexibility index (Phi) is 4.85. The second-order valence-corrected chi connectivity index (χ2v) is 6.36. The maximum Gasteiger partial charge on any atom is 0.130 e. The molecule has 3 heteroatoms. The van der Waals surface area contributed by atoms with Crippen LogP contribution in [-0.4, -0.2) is 19.1 Å². The highest BCUT2D eigenvalue weighted by Crippen LogP contribution is 2.25. The predicted molar refractivity (Wildman–Crippen MR) is 108 cm³/mol. The van der Waals surface area contributed by atoms with Gasteiger partial charge in [-0.15, -0.1) is 0 Å². The van der Waals surface area contributed by atoms with E-state index in [1.807, 2.05) is 45.4 Å². The highest BCUT2D eigenvalue weighted by molar-refractivity contribution is 5.71. The lowest BCUT2D eigenvalue weighted by Crippen LogP contribution is -2.08. The van der Waals surface area contributed by atoms with Gasteiger partial charge in [-0.3, -0.25) is 0 Å². The predicted octanol–water partition coefficient (Wildman–Crippen LogP) is 5.59. The van der Waals surface area contributed by atoms with Gasteiger partial charge in [-0.05, 0) is 54.4 Å². The maximum atomic E-state index is 4.55. The van der Waals surface area contributed by atoms with Gasteiger partial charge < -0.3 is 10.2 Å². The second kappa shape index (κ2) is 7.22. The Balaban J connectivity index is 1.80. The van der Waals surface area contributed by atoms with Crippen LogP contribution in [0.2, 0.25) is 0 Å². The monoisotopic (exact) mass is 329 g/mol. The van der Waals surface area contributed by atoms with E-state index in [1.165, 1.54) is 0 Å². The molecule has 3 rings (SSSR count). The Bertz CT molecular complexity index is 880. The minimum atomic E-state index is 0.829. The topological polar surface area (TPSA) is 28.2 Å². The minimum absolute atomic E-state index is 0.829. The molecule has 0 radical (unpaired) electrons. The number of anilines is 3. The van der Waals surface area contributed by atoms with E-state index < -0.39 is 0 Å². The van der Waals surface area contributed by atoms with Gasteiger partial charge in [-0.1, -0.05) is 36.4 Å². The second-order valence-electron chi connectivity index (χ2n) is 6.36. The molecule has 0 aliphatic rings. The third kappa shape index (κ3) is 4.07. The van der Waals surface area contributed by atoms with Crippen molar-refractivity contribution in [3.63, 3.8) is 0 Å². The molecule has 0 saturated heterocycles. The van der Waals surface area contributed by atoms with Crippen LogP contribution in [0.25, 0.3) is 16.7 Å². The van der Waals surface area contributed by atoms with Crippen LogP contribution in [0.15, 0.2) is 73.4 Å². The van der Waals surface area contributed by atoms with Crippen molar-refractivity contribution in [2.75, 3.05) is 24.3 Å². The fourth-order valence-electron chi connectivity index (χ4n) is 2.61. The molecular formula is C22H23N3. The third-order valence-electron chi connectivity index (χ3n) is 4.09. The zero-order chi connectivity index (χ0) is 17.8. The van der Waals surface area contributed by atoms with Crippen molar-refractivity contribution < 1.29 is 0 Å². The Labute approximate surface area is 149 Å². The highest BCUT2D eigenvalue weighted by atomic mass is 15.1. The molecule has 0 fully saturated rings. The van der Waals surface area contributed by atoms with Crippen molar-refractivity contribution >= 4 is 22.8 Å². The van der Waals surface area contributed by atoms with Crippen molar-refractivity contribution in [1.29, 1.82) is 0 Å². The van der Waals surface area contributed by atoms with Crippen molar-refractivity contribution in [3.05, 3.63) is 79.0 Å². The average molecular weight is 329 g/mol. The van der Waals surface area contributed by atoms with Crippen LogP contribution in [0.3, 0.4) is 0 Å². The van der Waals surface area contributed by atoms with Crippen LogP contribution in [0.1, 0.15) is 12.5 Å². The van der Waals surface area contributed by atoms with Gasteiger partial charge in [0.05, 0.1) is 0 Å². The molecule has 25 heavy (non-hydrogen) atoms. The molecule has 0 amide bonds. The molecule has 126 valence electrons. The van der Waals surface area contributed by atoms with Gasteiger partial charge in [0.1, 0.15) is 5.82 Å². The molecule has 3 aromatic rings. The van der Waals surface area contributed by atoms with E-state index in [9.17, 15) is 0 Å². The van der Waals surface area contributed by atoms with E-state index in [0.717, 1.165) is 39.5 Å². The summed E-state index contributed by atoms with van der Waals surface area (Å²) in [7, 11) is 4.07. The first-order valence-electron chi connectivity index (χ1n) is 8.30. The van der Waals surface area contributed by atoms with Gasteiger partial charge in [0.2, 0.25) is 0 Å². The first kappa shape index (κ1) is 16.8. The lowest BCUT2D eigenvalue weighted by molar-refractivity contribution is 1.13. The largest absolute Gasteiger partial charge is 0.378 e. The summed E-state index contributed by atoms with van der Waals surface area (Å²) in [5.74, 6) is 0.829. The molecule has 0 spiro atoms. The van der Waals surface area contributed by atoms with Crippen LogP contribution in [-0.2, 0) is 0 Å². The molecular weight excluding hydrogens is 306 g/mol. The lowest BCUT2D eigenvalue weighted by atomic mass is 10.0. The molecule has 2 aromatic carbocycles. The number of nitrogens with zero attached hydrogens (tertiary/aromatic N) is 2. The quantitative estimate of drug-likeness (QED) is 0.661. The summed E-state index contributed by atoms with van der Waals surface area (Å²) in [5.41, 5.74) is 6.63. The van der Waals surface area contributed by atoms with E-state index in [0.29, 0.717) is 0 Å². The first-order valence-corrected chi connectivity index (χ1v) is 8.30. The van der Waals surface area contributed by atoms with Crippen molar-refractivity contribution in [3.8, 4) is 11.1 Å². The van der Waals surface area contributed by atoms with E-state index in [1.54, 1.807) is 0 Å². The van der Waals surface area contributed by atoms with Gasteiger partial charge in [0, 0.05) is 37.2 Å². The normalized spacial score (nSPS) is 10.4. The van der Waals surface area contributed by atoms with Crippen LogP contribution in [0, 0.1) is 0 Å². The van der Waals surface area contributed by atoms with E-state index in [4.69, 9.17) is 0 Å². The van der Waals surface area contributed by atoms with E-state index in [2.05, 4.69) is 64.2 Å². The zero-order valence-corrected chi connectivity index (χ0v) is 15.0. The molecule has 0 aliphatic heterocycles. The number of pyridine rings is 1. The molecule has 0 aliphatic carbocycles. The molecule has 3 nitrogen and oxygen atoms in total. The van der Waals surface area contributed by atoms with Gasteiger partial charge in [0.25, 0.3) is 0 Å². The van der Waals surface area contributed by atoms with E-state index >= 15 is 0 Å². The Morgan fingerprint density at radius 2 is 1.76 bits per heavy atom. The molecule has 0 saturated carbocycles. The number of nitrogens with one attached hydrogen (secondary N) is 1. The summed E-state index contributed by atoms with van der Waals surface area (Å²) in [6, 6.07) is 20.7. The number of allylic oxidation sites excluding steroid dienone is 1. The molecule has 0 atom stereocenters. The summed E-state index contributed by atoms with van der Waals surface area (Å²) in [4.78, 5) is 6.63. The van der Waals surface area contributed by atoms with Gasteiger partial charge in [-0.2, -0.15) is 0 Å². The number of aromatic nitrogens is 1. The summed E-state index contributed by atoms with van der Waals surface area (Å²) in [6.45, 7) is 6.03. The molecule has 1 N–H and O–H groups in total. The van der Waals surface area contributed by atoms with Crippen LogP contribution >= 0.6 is 0 Å². The summed E-state index contributed by atoms with van der Waals surface area (Å²) in [5, 5.41) is 3.36. The Hall–Kier alpha value is -3.07. The number of hydrogen-bond donors (Lipinski definition) is 1. The van der Waals surface area contributed by atoms with Crippen LogP contribution in [0.5, 0.6) is 0 Å². The molecule has 0 bridgehead atoms. The van der Waals surface area contributed by atoms with Crippen LogP contribution < -0.4 is 10.2 Å². The maximum absolute atomic E-state index is 4.55. The fourth-order valence-corrected chi connectivity index (χ4v) is 2.61. The molecule has 0 unspecified atom stereocenters. The average Bonchev–Trinajstić information content (AvgIpc) is 2.62. The fraction of sp³-hybridized carbons (Fsp3) is 0.136. The first-order chi connectivity index (χ1) is 12.0. The summed E-state index contributed by atoms with van der Waals surface area (Å²) >= 11 is 0. The smallest absolute Gasteiger partial charge is 0.130 e. The zero-order valence-electron chi connectivity index (χ0n) is 15.0. The highest BCUT2D eigenvalue weighted by Gasteiger charge is 2.03. The van der Waals surface area contributed by atoms with Crippen molar-refractivity contribution in [1.82, 2.24) is 4.98 Å². The summed E-state index contributed by atoms with van der Waals surface area (Å²) < 4.78 is 0. The van der Waals surface area contributed by atoms with E-state index in [-0.39, 0.29) is 0 Å². The Morgan fingerprint density at radius 1 is 0.960 bits per heavy atom. The van der Waals surface area contributed by atoms with Crippen molar-refractivity contribution in [2.45, 2.75) is 6.92 Å². The third-order valence-corrected chi connectivity index (χ3v) is 4.09. The molecule has 1 heterocycles. The standard InChI is InChI=1S/C22H23N3/c1-16(2)17-7-5-8-18(13-17)19-11-12-22(23-15-19)24-20-9-6-10-21(14-20)25(3)4/h5-15H,1H2,2-4H3,(H,23,24). The minimum Gasteiger partial charge on any atom is -0.378 e. The van der Waals surface area contributed by atoms with Gasteiger partial charge >= 0.3 is 0 Å². The SMILES string of the molecule is C=C(C)c1cccc(-c2ccc(Nc3cccc(N(C)C)c3)nc2)c1. The lowest BCUT2D eigenvalue weighted by Gasteiger charge is -2.14.